The van der Waals surface area contributed by atoms with Crippen LogP contribution in [0.1, 0.15) is 25.1 Å². The van der Waals surface area contributed by atoms with Crippen LogP contribution in [-0.2, 0) is 4.79 Å². The van der Waals surface area contributed by atoms with Gasteiger partial charge in [-0.1, -0.05) is 0 Å². The Kier molecular flexibility index (Phi) is 3.88. The smallest absolute Gasteiger partial charge is 0.362 e. The van der Waals surface area contributed by atoms with Crippen LogP contribution >= 0.6 is 0 Å². The second-order valence-electron chi connectivity index (χ2n) is 4.98. The summed E-state index contributed by atoms with van der Waals surface area (Å²) in [5.41, 5.74) is -3.81. The Morgan fingerprint density at radius 1 is 1.57 bits per heavy atom. The Bertz CT molecular complexity index is 686. The summed E-state index contributed by atoms with van der Waals surface area (Å²) >= 11 is 0. The van der Waals surface area contributed by atoms with Gasteiger partial charge in [-0.25, -0.2) is 0 Å². The molecule has 0 spiro atoms. The molecule has 0 aromatic carbocycles. The number of aromatic nitrogens is 2. The lowest BCUT2D eigenvalue weighted by atomic mass is 10.1. The number of carbonyl (C=O) groups is 1. The molecule has 23 heavy (non-hydrogen) atoms. The van der Waals surface area contributed by atoms with E-state index in [1.807, 2.05) is 0 Å². The summed E-state index contributed by atoms with van der Waals surface area (Å²) in [4.78, 5) is 22.3. The molecule has 0 bridgehead atoms. The van der Waals surface area contributed by atoms with E-state index < -0.39 is 35.2 Å². The normalized spacial score (nSPS) is 22.4. The van der Waals surface area contributed by atoms with Gasteiger partial charge in [-0.05, 0) is 13.8 Å². The lowest BCUT2D eigenvalue weighted by Crippen LogP contribution is -2.57. The van der Waals surface area contributed by atoms with Crippen molar-refractivity contribution in [3.8, 4) is 0 Å². The third-order valence-electron chi connectivity index (χ3n) is 3.43. The first-order chi connectivity index (χ1) is 10.5. The van der Waals surface area contributed by atoms with E-state index in [9.17, 15) is 33.2 Å². The molecule has 1 aliphatic rings. The molecule has 0 fully saturated rings. The fourth-order valence-corrected chi connectivity index (χ4v) is 2.05. The summed E-state index contributed by atoms with van der Waals surface area (Å²) < 4.78 is 39.7. The molecule has 1 N–H and O–H groups in total. The Hall–Kier alpha value is -2.50. The van der Waals surface area contributed by atoms with Gasteiger partial charge in [0.25, 0.3) is 11.6 Å². The van der Waals surface area contributed by atoms with Crippen LogP contribution in [0.2, 0.25) is 0 Å². The van der Waals surface area contributed by atoms with Crippen molar-refractivity contribution in [2.75, 3.05) is 0 Å². The summed E-state index contributed by atoms with van der Waals surface area (Å²) in [5.74, 6) is -1.20. The van der Waals surface area contributed by atoms with E-state index in [4.69, 9.17) is 0 Å². The molecule has 2 rings (SSSR count). The molecule has 1 amide bonds. The van der Waals surface area contributed by atoms with Gasteiger partial charge < -0.3 is 5.11 Å². The molecule has 2 atom stereocenters. The molecule has 0 saturated carbocycles. The van der Waals surface area contributed by atoms with Crippen LogP contribution in [-0.4, -0.2) is 48.8 Å². The fraction of sp³-hybridized carbons (Fsp3) is 0.545. The maximum atomic E-state index is 13.0. The minimum absolute atomic E-state index is 0.00524. The summed E-state index contributed by atoms with van der Waals surface area (Å²) in [6, 6.07) is -1.33. The quantitative estimate of drug-likeness (QED) is 0.657. The number of aliphatic hydroxyl groups is 1. The Morgan fingerprint density at radius 2 is 2.17 bits per heavy atom. The van der Waals surface area contributed by atoms with E-state index in [0.717, 1.165) is 17.1 Å². The summed E-state index contributed by atoms with van der Waals surface area (Å²) in [5, 5.41) is 27.4. The number of alkyl halides is 3. The number of amides is 1. The number of hydrogen-bond donors (Lipinski definition) is 1. The molecule has 126 valence electrons. The third kappa shape index (κ3) is 2.65. The van der Waals surface area contributed by atoms with E-state index in [1.165, 1.54) is 13.8 Å². The lowest BCUT2D eigenvalue weighted by Gasteiger charge is -2.33. The number of hydrazone groups is 1. The molecule has 0 saturated heterocycles. The van der Waals surface area contributed by atoms with E-state index in [1.54, 1.807) is 0 Å². The highest BCUT2D eigenvalue weighted by Gasteiger charge is 2.62. The average Bonchev–Trinajstić information content (AvgIpc) is 3.00. The van der Waals surface area contributed by atoms with E-state index in [0.29, 0.717) is 0 Å². The Balaban J connectivity index is 2.31. The van der Waals surface area contributed by atoms with Crippen molar-refractivity contribution < 1.29 is 28.0 Å². The zero-order valence-electron chi connectivity index (χ0n) is 12.0. The van der Waals surface area contributed by atoms with Crippen LogP contribution in [0.15, 0.2) is 11.3 Å². The highest BCUT2D eigenvalue weighted by Crippen LogP contribution is 2.39. The molecular weight excluding hydrogens is 323 g/mol. The SMILES string of the molecule is Cc1nn(C(C)C(=O)N2N=CCC2(O)C(F)(F)F)cc1[N+](=O)[O-]. The van der Waals surface area contributed by atoms with Gasteiger partial charge in [0.1, 0.15) is 17.9 Å². The number of halogens is 3. The molecule has 1 aromatic rings. The summed E-state index contributed by atoms with van der Waals surface area (Å²) in [7, 11) is 0. The van der Waals surface area contributed by atoms with Crippen molar-refractivity contribution in [3.63, 3.8) is 0 Å². The van der Waals surface area contributed by atoms with Gasteiger partial charge in [0.05, 0.1) is 4.92 Å². The second-order valence-corrected chi connectivity index (χ2v) is 4.98. The molecule has 1 aliphatic heterocycles. The zero-order chi connectivity index (χ0) is 17.6. The van der Waals surface area contributed by atoms with Gasteiger partial charge in [0, 0.05) is 12.6 Å². The van der Waals surface area contributed by atoms with Crippen LogP contribution in [0, 0.1) is 17.0 Å². The number of aryl methyl sites for hydroxylation is 1. The first-order valence-electron chi connectivity index (χ1n) is 6.35. The summed E-state index contributed by atoms with van der Waals surface area (Å²) in [6.07, 6.45) is -4.29. The van der Waals surface area contributed by atoms with Crippen molar-refractivity contribution in [1.82, 2.24) is 14.8 Å². The monoisotopic (exact) mass is 335 g/mol. The topological polar surface area (TPSA) is 114 Å². The van der Waals surface area contributed by atoms with Gasteiger partial charge in [0.2, 0.25) is 0 Å². The van der Waals surface area contributed by atoms with E-state index in [2.05, 4.69) is 10.2 Å². The highest BCUT2D eigenvalue weighted by atomic mass is 19.4. The average molecular weight is 335 g/mol. The van der Waals surface area contributed by atoms with Crippen molar-refractivity contribution in [1.29, 1.82) is 0 Å². The molecule has 2 heterocycles. The minimum atomic E-state index is -5.11. The maximum absolute atomic E-state index is 13.0. The van der Waals surface area contributed by atoms with Crippen molar-refractivity contribution in [3.05, 3.63) is 22.0 Å². The number of nitrogens with zero attached hydrogens (tertiary/aromatic N) is 5. The summed E-state index contributed by atoms with van der Waals surface area (Å²) in [6.45, 7) is 2.52. The maximum Gasteiger partial charge on any atom is 0.438 e. The fourth-order valence-electron chi connectivity index (χ4n) is 2.05. The Morgan fingerprint density at radius 3 is 2.65 bits per heavy atom. The second kappa shape index (κ2) is 5.30. The van der Waals surface area contributed by atoms with Gasteiger partial charge in [0.15, 0.2) is 0 Å². The zero-order valence-corrected chi connectivity index (χ0v) is 12.0. The highest BCUT2D eigenvalue weighted by molar-refractivity contribution is 5.83. The lowest BCUT2D eigenvalue weighted by molar-refractivity contribution is -0.385. The van der Waals surface area contributed by atoms with Gasteiger partial charge in [-0.2, -0.15) is 28.4 Å². The van der Waals surface area contributed by atoms with Crippen LogP contribution < -0.4 is 0 Å². The van der Waals surface area contributed by atoms with Gasteiger partial charge >= 0.3 is 11.9 Å². The van der Waals surface area contributed by atoms with Crippen molar-refractivity contribution in [2.24, 2.45) is 5.10 Å². The molecule has 0 aliphatic carbocycles. The van der Waals surface area contributed by atoms with Crippen LogP contribution in [0.5, 0.6) is 0 Å². The number of rotatable bonds is 3. The Labute approximate surface area is 127 Å². The minimum Gasteiger partial charge on any atom is -0.362 e. The largest absolute Gasteiger partial charge is 0.438 e. The number of hydrogen-bond acceptors (Lipinski definition) is 6. The number of nitro groups is 1. The standard InChI is InChI=1S/C11H12F3N5O4/c1-6-8(19(22)23)5-17(16-6)7(2)9(20)18-10(21,3-4-15-18)11(12,13)14/h4-5,7,21H,3H2,1-2H3. The van der Waals surface area contributed by atoms with Crippen molar-refractivity contribution >= 4 is 17.8 Å². The third-order valence-corrected chi connectivity index (χ3v) is 3.43. The van der Waals surface area contributed by atoms with Crippen molar-refractivity contribution in [2.45, 2.75) is 38.2 Å². The molecule has 2 unspecified atom stereocenters. The predicted molar refractivity (Wildman–Crippen MR) is 69.3 cm³/mol. The first kappa shape index (κ1) is 16.9. The number of carbonyl (C=O) groups excluding carboxylic acids is 1. The van der Waals surface area contributed by atoms with Crippen LogP contribution in [0.3, 0.4) is 0 Å². The molecular formula is C11H12F3N5O4. The van der Waals surface area contributed by atoms with E-state index >= 15 is 0 Å². The van der Waals surface area contributed by atoms with Gasteiger partial charge in [-0.3, -0.25) is 19.6 Å². The first-order valence-corrected chi connectivity index (χ1v) is 6.35. The molecule has 9 nitrogen and oxygen atoms in total. The van der Waals surface area contributed by atoms with Crippen LogP contribution in [0.4, 0.5) is 18.9 Å². The molecule has 0 radical (unpaired) electrons. The van der Waals surface area contributed by atoms with Gasteiger partial charge in [-0.15, -0.1) is 0 Å². The van der Waals surface area contributed by atoms with Crippen LogP contribution in [0.25, 0.3) is 0 Å². The molecule has 1 aromatic heterocycles. The molecule has 12 heteroatoms. The predicted octanol–water partition coefficient (Wildman–Crippen LogP) is 1.13. The van der Waals surface area contributed by atoms with E-state index in [-0.39, 0.29) is 16.4 Å².